The van der Waals surface area contributed by atoms with Gasteiger partial charge in [-0.2, -0.15) is 0 Å². The fourth-order valence-corrected chi connectivity index (χ4v) is 2.33. The van der Waals surface area contributed by atoms with Crippen molar-refractivity contribution in [3.63, 3.8) is 0 Å². The van der Waals surface area contributed by atoms with Crippen LogP contribution in [0.25, 0.3) is 11.1 Å². The Balaban J connectivity index is 2.03. The summed E-state index contributed by atoms with van der Waals surface area (Å²) in [4.78, 5) is 15.6. The third-order valence-electron chi connectivity index (χ3n) is 3.14. The number of halogens is 1. The van der Waals surface area contributed by atoms with Crippen LogP contribution in [0.3, 0.4) is 0 Å². The van der Waals surface area contributed by atoms with Crippen LogP contribution in [0.2, 0.25) is 0 Å². The molecule has 0 bridgehead atoms. The summed E-state index contributed by atoms with van der Waals surface area (Å²) in [6.07, 6.45) is 1.60. The molecule has 0 fully saturated rings. The molecule has 2 aromatic carbocycles. The Hall–Kier alpha value is -2.73. The fourth-order valence-electron chi connectivity index (χ4n) is 2.06. The number of hydrogen-bond donors (Lipinski definition) is 1. The molecule has 1 heterocycles. The van der Waals surface area contributed by atoms with Crippen molar-refractivity contribution in [3.05, 3.63) is 70.3 Å². The lowest BCUT2D eigenvalue weighted by Crippen LogP contribution is -1.98. The number of carboxylic acids is 1. The highest BCUT2D eigenvalue weighted by Crippen LogP contribution is 2.33. The first-order valence-corrected chi connectivity index (χ1v) is 7.52. The van der Waals surface area contributed by atoms with Crippen molar-refractivity contribution in [2.75, 3.05) is 0 Å². The summed E-state index contributed by atoms with van der Waals surface area (Å²) in [5.41, 5.74) is 1.76. The zero-order valence-corrected chi connectivity index (χ0v) is 13.4. The molecule has 3 rings (SSSR count). The van der Waals surface area contributed by atoms with Gasteiger partial charge < -0.3 is 9.63 Å². The Morgan fingerprint density at radius 2 is 1.83 bits per heavy atom. The minimum atomic E-state index is -1.15. The fraction of sp³-hybridized carbons (Fsp3) is 0. The van der Waals surface area contributed by atoms with Gasteiger partial charge in [-0.05, 0) is 23.3 Å². The molecule has 1 aromatic heterocycles. The second-order valence-corrected chi connectivity index (χ2v) is 5.61. The second-order valence-electron chi connectivity index (χ2n) is 4.69. The Bertz CT molecular complexity index is 855. The highest BCUT2D eigenvalue weighted by molar-refractivity contribution is 9.10. The monoisotopic (exact) mass is 370 g/mol. The van der Waals surface area contributed by atoms with Crippen molar-refractivity contribution in [3.8, 4) is 11.1 Å². The van der Waals surface area contributed by atoms with E-state index in [4.69, 9.17) is 4.52 Å². The van der Waals surface area contributed by atoms with Crippen LogP contribution >= 0.6 is 15.9 Å². The van der Waals surface area contributed by atoms with Gasteiger partial charge in [-0.1, -0.05) is 63.6 Å². The van der Waals surface area contributed by atoms with Crippen molar-refractivity contribution in [1.29, 1.82) is 0 Å². The van der Waals surface area contributed by atoms with Gasteiger partial charge >= 0.3 is 5.97 Å². The molecule has 0 amide bonds. The van der Waals surface area contributed by atoms with E-state index >= 15 is 0 Å². The smallest absolute Gasteiger partial charge is 0.358 e. The topological polar surface area (TPSA) is 75.7 Å². The number of carbonyl (C=O) groups is 1. The van der Waals surface area contributed by atoms with Crippen molar-refractivity contribution in [1.82, 2.24) is 5.16 Å². The number of carboxylic acid groups (broad SMARTS) is 1. The Labute approximate surface area is 140 Å². The van der Waals surface area contributed by atoms with Crippen LogP contribution in [0, 0.1) is 0 Å². The Morgan fingerprint density at radius 1 is 1.13 bits per heavy atom. The molecule has 0 radical (unpaired) electrons. The van der Waals surface area contributed by atoms with E-state index in [-0.39, 0.29) is 11.6 Å². The quantitative estimate of drug-likeness (QED) is 0.683. The van der Waals surface area contributed by atoms with Crippen molar-refractivity contribution in [2.45, 2.75) is 0 Å². The minimum Gasteiger partial charge on any atom is -0.476 e. The van der Waals surface area contributed by atoms with Gasteiger partial charge in [-0.15, -0.1) is 0 Å². The normalized spacial score (nSPS) is 11.0. The molecule has 1 N–H and O–H groups in total. The maximum atomic E-state index is 11.3. The minimum absolute atomic E-state index is 0.154. The lowest BCUT2D eigenvalue weighted by Gasteiger charge is -1.99. The molecule has 0 aliphatic heterocycles. The first-order chi connectivity index (χ1) is 11.1. The van der Waals surface area contributed by atoms with Crippen LogP contribution in [0.15, 0.2) is 68.6 Å². The van der Waals surface area contributed by atoms with E-state index in [2.05, 4.69) is 26.1 Å². The lowest BCUT2D eigenvalue weighted by atomic mass is 10.1. The molecule has 23 heavy (non-hydrogen) atoms. The molecule has 0 saturated carbocycles. The van der Waals surface area contributed by atoms with E-state index in [1.54, 1.807) is 18.3 Å². The van der Waals surface area contributed by atoms with Crippen molar-refractivity contribution in [2.24, 2.45) is 4.99 Å². The van der Waals surface area contributed by atoms with Gasteiger partial charge in [-0.3, -0.25) is 0 Å². The van der Waals surface area contributed by atoms with E-state index < -0.39 is 5.97 Å². The number of aliphatic imine (C=N–C) groups is 1. The predicted octanol–water partition coefficient (Wildman–Crippen LogP) is 4.55. The molecule has 0 aliphatic carbocycles. The zero-order valence-electron chi connectivity index (χ0n) is 11.8. The SMILES string of the molecule is O=C(O)c1noc(N=Cc2ccc(Br)cc2)c1-c1ccccc1. The Morgan fingerprint density at radius 3 is 2.48 bits per heavy atom. The summed E-state index contributed by atoms with van der Waals surface area (Å²) in [5, 5.41) is 12.9. The number of aromatic carboxylic acids is 1. The molecule has 114 valence electrons. The standard InChI is InChI=1S/C17H11BrN2O3/c18-13-8-6-11(7-9-13)10-19-16-14(12-4-2-1-3-5-12)15(17(21)22)20-23-16/h1-10H,(H,21,22). The number of aromatic nitrogens is 1. The van der Waals surface area contributed by atoms with Crippen LogP contribution in [-0.4, -0.2) is 22.4 Å². The van der Waals surface area contributed by atoms with Crippen LogP contribution in [-0.2, 0) is 0 Å². The molecule has 0 spiro atoms. The van der Waals surface area contributed by atoms with Gasteiger partial charge in [0.1, 0.15) is 0 Å². The van der Waals surface area contributed by atoms with Gasteiger partial charge in [0.2, 0.25) is 5.69 Å². The highest BCUT2D eigenvalue weighted by Gasteiger charge is 2.22. The lowest BCUT2D eigenvalue weighted by molar-refractivity contribution is 0.0686. The summed E-state index contributed by atoms with van der Waals surface area (Å²) in [6.45, 7) is 0. The van der Waals surface area contributed by atoms with E-state index in [0.29, 0.717) is 11.1 Å². The van der Waals surface area contributed by atoms with E-state index in [0.717, 1.165) is 10.0 Å². The molecule has 6 heteroatoms. The molecule has 0 saturated heterocycles. The van der Waals surface area contributed by atoms with Gasteiger partial charge in [0.05, 0.1) is 5.56 Å². The van der Waals surface area contributed by atoms with Gasteiger partial charge in [0.15, 0.2) is 0 Å². The summed E-state index contributed by atoms with van der Waals surface area (Å²) < 4.78 is 6.08. The molecular formula is C17H11BrN2O3. The zero-order chi connectivity index (χ0) is 16.2. The average molecular weight is 371 g/mol. The van der Waals surface area contributed by atoms with Crippen LogP contribution < -0.4 is 0 Å². The van der Waals surface area contributed by atoms with Crippen molar-refractivity contribution < 1.29 is 14.4 Å². The van der Waals surface area contributed by atoms with E-state index in [9.17, 15) is 9.90 Å². The van der Waals surface area contributed by atoms with Crippen molar-refractivity contribution >= 4 is 34.0 Å². The third-order valence-corrected chi connectivity index (χ3v) is 3.67. The molecule has 0 atom stereocenters. The summed E-state index contributed by atoms with van der Waals surface area (Å²) in [5.74, 6) is -0.991. The molecule has 3 aromatic rings. The molecule has 0 unspecified atom stereocenters. The van der Waals surface area contributed by atoms with Gasteiger partial charge in [0, 0.05) is 10.7 Å². The summed E-state index contributed by atoms with van der Waals surface area (Å²) >= 11 is 3.36. The van der Waals surface area contributed by atoms with E-state index in [1.807, 2.05) is 42.5 Å². The number of rotatable bonds is 4. The summed E-state index contributed by atoms with van der Waals surface area (Å²) in [6, 6.07) is 16.6. The maximum absolute atomic E-state index is 11.3. The largest absolute Gasteiger partial charge is 0.476 e. The first-order valence-electron chi connectivity index (χ1n) is 6.73. The number of nitrogens with zero attached hydrogens (tertiary/aromatic N) is 2. The second kappa shape index (κ2) is 6.58. The maximum Gasteiger partial charge on any atom is 0.358 e. The van der Waals surface area contributed by atoms with E-state index in [1.165, 1.54) is 0 Å². The van der Waals surface area contributed by atoms with Gasteiger partial charge in [0.25, 0.3) is 5.88 Å². The molecular weight excluding hydrogens is 360 g/mol. The number of hydrogen-bond acceptors (Lipinski definition) is 4. The Kier molecular flexibility index (Phi) is 4.34. The first kappa shape index (κ1) is 15.2. The predicted molar refractivity (Wildman–Crippen MR) is 90.3 cm³/mol. The number of benzene rings is 2. The van der Waals surface area contributed by atoms with Gasteiger partial charge in [-0.25, -0.2) is 9.79 Å². The average Bonchev–Trinajstić information content (AvgIpc) is 2.99. The van der Waals surface area contributed by atoms with Crippen LogP contribution in [0.1, 0.15) is 16.1 Å². The molecule has 0 aliphatic rings. The van der Waals surface area contributed by atoms with Crippen LogP contribution in [0.4, 0.5) is 5.88 Å². The summed E-state index contributed by atoms with van der Waals surface area (Å²) in [7, 11) is 0. The third kappa shape index (κ3) is 3.37. The molecule has 5 nitrogen and oxygen atoms in total. The van der Waals surface area contributed by atoms with Crippen LogP contribution in [0.5, 0.6) is 0 Å². The highest BCUT2D eigenvalue weighted by atomic mass is 79.9.